The smallest absolute Gasteiger partial charge is 0.231 e. The molecule has 0 radical (unpaired) electrons. The molecule has 0 saturated heterocycles. The Hall–Kier alpha value is -1.49. The number of carbonyl (C=O) groups is 1. The molecule has 5 heteroatoms. The Morgan fingerprint density at radius 1 is 1.44 bits per heavy atom. The van der Waals surface area contributed by atoms with Crippen LogP contribution in [-0.2, 0) is 4.79 Å². The number of nitrogens with zero attached hydrogens (tertiary/aromatic N) is 1. The molecule has 1 aromatic rings. The molecule has 1 heterocycles. The monoisotopic (exact) mass is 251 g/mol. The van der Waals surface area contributed by atoms with Gasteiger partial charge in [-0.15, -0.1) is 0 Å². The van der Waals surface area contributed by atoms with E-state index in [-0.39, 0.29) is 11.6 Å². The highest BCUT2D eigenvalue weighted by Crippen LogP contribution is 2.36. The van der Waals surface area contributed by atoms with Crippen LogP contribution in [-0.4, -0.2) is 17.4 Å². The lowest BCUT2D eigenvalue weighted by atomic mass is 9.73. The van der Waals surface area contributed by atoms with Crippen molar-refractivity contribution >= 4 is 11.6 Å². The second kappa shape index (κ2) is 5.44. The van der Waals surface area contributed by atoms with Gasteiger partial charge >= 0.3 is 0 Å². The van der Waals surface area contributed by atoms with Crippen LogP contribution in [0.4, 0.5) is 10.1 Å². The summed E-state index contributed by atoms with van der Waals surface area (Å²) in [5.74, 6) is -0.691. The molecule has 4 nitrogen and oxygen atoms in total. The molecule has 1 amide bonds. The van der Waals surface area contributed by atoms with Crippen molar-refractivity contribution in [2.75, 3.05) is 11.9 Å². The second-order valence-electron chi connectivity index (χ2n) is 4.85. The van der Waals surface area contributed by atoms with Crippen molar-refractivity contribution in [1.29, 1.82) is 0 Å². The van der Waals surface area contributed by atoms with Gasteiger partial charge in [-0.05, 0) is 18.9 Å². The third kappa shape index (κ3) is 2.51. The van der Waals surface area contributed by atoms with Gasteiger partial charge < -0.3 is 11.1 Å². The van der Waals surface area contributed by atoms with E-state index in [2.05, 4.69) is 10.3 Å². The number of nitrogens with one attached hydrogen (secondary N) is 1. The fourth-order valence-corrected chi connectivity index (χ4v) is 2.48. The fourth-order valence-electron chi connectivity index (χ4n) is 2.48. The Labute approximate surface area is 106 Å². The topological polar surface area (TPSA) is 68.0 Å². The quantitative estimate of drug-likeness (QED) is 0.864. The highest BCUT2D eigenvalue weighted by molar-refractivity contribution is 5.95. The van der Waals surface area contributed by atoms with E-state index >= 15 is 0 Å². The molecule has 98 valence electrons. The number of nitrogens with two attached hydrogens (primary N) is 1. The molecule has 0 bridgehead atoms. The standard InChI is InChI=1S/C13H18FN3O/c14-10-8-16-7-4-11(10)17-12(18)13(9-15)5-2-1-3-6-13/h4,7-8H,1-3,5-6,9,15H2,(H,16,17,18). The van der Waals surface area contributed by atoms with Gasteiger partial charge in [-0.1, -0.05) is 19.3 Å². The first-order valence-electron chi connectivity index (χ1n) is 6.29. The predicted octanol–water partition coefficient (Wildman–Crippen LogP) is 2.07. The summed E-state index contributed by atoms with van der Waals surface area (Å²) in [6, 6.07) is 1.46. The molecule has 1 aliphatic carbocycles. The number of aromatic nitrogens is 1. The molecule has 2 rings (SSSR count). The van der Waals surface area contributed by atoms with Crippen molar-refractivity contribution in [3.05, 3.63) is 24.3 Å². The maximum Gasteiger partial charge on any atom is 0.231 e. The summed E-state index contributed by atoms with van der Waals surface area (Å²) in [5, 5.41) is 2.64. The average Bonchev–Trinajstić information content (AvgIpc) is 2.42. The number of amides is 1. The van der Waals surface area contributed by atoms with E-state index in [0.29, 0.717) is 6.54 Å². The predicted molar refractivity (Wildman–Crippen MR) is 67.4 cm³/mol. The van der Waals surface area contributed by atoms with Crippen molar-refractivity contribution in [3.63, 3.8) is 0 Å². The van der Waals surface area contributed by atoms with Crippen LogP contribution in [0, 0.1) is 11.2 Å². The van der Waals surface area contributed by atoms with E-state index in [9.17, 15) is 9.18 Å². The van der Waals surface area contributed by atoms with Crippen molar-refractivity contribution < 1.29 is 9.18 Å². The van der Waals surface area contributed by atoms with E-state index in [1.54, 1.807) is 0 Å². The van der Waals surface area contributed by atoms with Crippen LogP contribution in [0.15, 0.2) is 18.5 Å². The lowest BCUT2D eigenvalue weighted by Gasteiger charge is -2.34. The Morgan fingerprint density at radius 2 is 2.17 bits per heavy atom. The van der Waals surface area contributed by atoms with E-state index in [1.165, 1.54) is 12.3 Å². The van der Waals surface area contributed by atoms with Gasteiger partial charge in [0.05, 0.1) is 17.3 Å². The molecule has 1 aromatic heterocycles. The minimum atomic E-state index is -0.534. The summed E-state index contributed by atoms with van der Waals surface area (Å²) < 4.78 is 13.4. The molecule has 1 fully saturated rings. The van der Waals surface area contributed by atoms with Crippen molar-refractivity contribution in [1.82, 2.24) is 4.98 Å². The van der Waals surface area contributed by atoms with Gasteiger partial charge in [0, 0.05) is 12.7 Å². The van der Waals surface area contributed by atoms with Gasteiger partial charge in [-0.25, -0.2) is 4.39 Å². The minimum absolute atomic E-state index is 0.171. The van der Waals surface area contributed by atoms with Crippen LogP contribution in [0.1, 0.15) is 32.1 Å². The minimum Gasteiger partial charge on any atom is -0.329 e. The average molecular weight is 251 g/mol. The van der Waals surface area contributed by atoms with Crippen molar-refractivity contribution in [2.24, 2.45) is 11.1 Å². The summed E-state index contributed by atoms with van der Waals surface area (Å²) in [6.07, 6.45) is 7.25. The third-order valence-electron chi connectivity index (χ3n) is 3.70. The zero-order valence-electron chi connectivity index (χ0n) is 10.3. The number of carbonyl (C=O) groups excluding carboxylic acids is 1. The molecule has 0 aliphatic heterocycles. The molecule has 1 aliphatic rings. The van der Waals surface area contributed by atoms with E-state index in [4.69, 9.17) is 5.73 Å². The summed E-state index contributed by atoms with van der Waals surface area (Å²) in [6.45, 7) is 0.311. The van der Waals surface area contributed by atoms with Gasteiger partial charge in [0.2, 0.25) is 5.91 Å². The van der Waals surface area contributed by atoms with Crippen LogP contribution in [0.5, 0.6) is 0 Å². The second-order valence-corrected chi connectivity index (χ2v) is 4.85. The van der Waals surface area contributed by atoms with Gasteiger partial charge in [-0.2, -0.15) is 0 Å². The normalized spacial score (nSPS) is 18.3. The number of pyridine rings is 1. The molecule has 0 spiro atoms. The van der Waals surface area contributed by atoms with Crippen molar-refractivity contribution in [3.8, 4) is 0 Å². The number of hydrogen-bond donors (Lipinski definition) is 2. The Bertz CT molecular complexity index is 430. The van der Waals surface area contributed by atoms with Gasteiger partial charge in [0.15, 0.2) is 5.82 Å². The van der Waals surface area contributed by atoms with Crippen molar-refractivity contribution in [2.45, 2.75) is 32.1 Å². The fraction of sp³-hybridized carbons (Fsp3) is 0.538. The molecule has 0 aromatic carbocycles. The SMILES string of the molecule is NCC1(C(=O)Nc2ccncc2F)CCCCC1. The molecule has 1 saturated carbocycles. The first-order chi connectivity index (χ1) is 8.68. The zero-order chi connectivity index (χ0) is 13.0. The molecular formula is C13H18FN3O. The molecule has 0 atom stereocenters. The zero-order valence-corrected chi connectivity index (χ0v) is 10.3. The first kappa shape index (κ1) is 13.0. The Kier molecular flexibility index (Phi) is 3.91. The van der Waals surface area contributed by atoms with Crippen LogP contribution in [0.2, 0.25) is 0 Å². The highest BCUT2D eigenvalue weighted by atomic mass is 19.1. The lowest BCUT2D eigenvalue weighted by molar-refractivity contribution is -0.126. The largest absolute Gasteiger partial charge is 0.329 e. The number of anilines is 1. The molecule has 0 unspecified atom stereocenters. The Balaban J connectivity index is 2.13. The van der Waals surface area contributed by atoms with Crippen LogP contribution in [0.25, 0.3) is 0 Å². The first-order valence-corrected chi connectivity index (χ1v) is 6.29. The van der Waals surface area contributed by atoms with E-state index < -0.39 is 11.2 Å². The Morgan fingerprint density at radius 3 is 2.78 bits per heavy atom. The van der Waals surface area contributed by atoms with E-state index in [0.717, 1.165) is 38.3 Å². The van der Waals surface area contributed by atoms with E-state index in [1.807, 2.05) is 0 Å². The van der Waals surface area contributed by atoms with Crippen LogP contribution in [0.3, 0.4) is 0 Å². The summed E-state index contributed by atoms with van der Waals surface area (Å²) in [4.78, 5) is 15.9. The number of halogens is 1. The third-order valence-corrected chi connectivity index (χ3v) is 3.70. The van der Waals surface area contributed by atoms with Gasteiger partial charge in [-0.3, -0.25) is 9.78 Å². The molecular weight excluding hydrogens is 233 g/mol. The number of hydrogen-bond acceptors (Lipinski definition) is 3. The number of rotatable bonds is 3. The van der Waals surface area contributed by atoms with Gasteiger partial charge in [0.1, 0.15) is 0 Å². The summed E-state index contributed by atoms with van der Waals surface area (Å²) >= 11 is 0. The highest BCUT2D eigenvalue weighted by Gasteiger charge is 2.38. The molecule has 18 heavy (non-hydrogen) atoms. The van der Waals surface area contributed by atoms with Gasteiger partial charge in [0.25, 0.3) is 0 Å². The van der Waals surface area contributed by atoms with Crippen LogP contribution < -0.4 is 11.1 Å². The maximum absolute atomic E-state index is 13.4. The van der Waals surface area contributed by atoms with Crippen LogP contribution >= 0.6 is 0 Å². The lowest BCUT2D eigenvalue weighted by Crippen LogP contribution is -2.44. The maximum atomic E-state index is 13.4. The molecule has 3 N–H and O–H groups in total. The summed E-state index contributed by atoms with van der Waals surface area (Å²) in [7, 11) is 0. The summed E-state index contributed by atoms with van der Waals surface area (Å²) in [5.41, 5.74) is 5.40.